The summed E-state index contributed by atoms with van der Waals surface area (Å²) in [6.45, 7) is 0. The molecular weight excluding hydrogens is 234 g/mol. The number of nitrogens with one attached hydrogen (secondary N) is 1. The molecular formula is C11H13ClF2N2. The van der Waals surface area contributed by atoms with Crippen LogP contribution in [0.25, 0.3) is 0 Å². The van der Waals surface area contributed by atoms with Crippen LogP contribution in [0.5, 0.6) is 0 Å². The van der Waals surface area contributed by atoms with Crippen molar-refractivity contribution in [2.45, 2.75) is 25.3 Å². The summed E-state index contributed by atoms with van der Waals surface area (Å²) in [4.78, 5) is 3.71. The van der Waals surface area contributed by atoms with Crippen LogP contribution in [0.3, 0.4) is 0 Å². The Kier molecular flexibility index (Phi) is 3.59. The van der Waals surface area contributed by atoms with Gasteiger partial charge in [0, 0.05) is 18.0 Å². The van der Waals surface area contributed by atoms with Gasteiger partial charge in [-0.15, -0.1) is 11.6 Å². The van der Waals surface area contributed by atoms with Gasteiger partial charge in [-0.3, -0.25) is 0 Å². The Labute approximate surface area is 98.0 Å². The van der Waals surface area contributed by atoms with Crippen LogP contribution in [0.1, 0.15) is 19.3 Å². The van der Waals surface area contributed by atoms with Gasteiger partial charge < -0.3 is 5.32 Å². The molecule has 1 aromatic heterocycles. The molecule has 2 atom stereocenters. The van der Waals surface area contributed by atoms with E-state index in [4.69, 9.17) is 11.6 Å². The molecule has 2 nitrogen and oxygen atoms in total. The van der Waals surface area contributed by atoms with Gasteiger partial charge in [-0.2, -0.15) is 0 Å². The van der Waals surface area contributed by atoms with E-state index in [1.807, 2.05) is 0 Å². The van der Waals surface area contributed by atoms with Gasteiger partial charge in [-0.1, -0.05) is 6.42 Å². The molecule has 2 rings (SSSR count). The van der Waals surface area contributed by atoms with E-state index < -0.39 is 11.6 Å². The molecule has 1 N–H and O–H groups in total. The first kappa shape index (κ1) is 11.6. The summed E-state index contributed by atoms with van der Waals surface area (Å²) in [6.07, 6.45) is 4.09. The summed E-state index contributed by atoms with van der Waals surface area (Å²) >= 11 is 5.82. The average Bonchev–Trinajstić information content (AvgIpc) is 2.69. The van der Waals surface area contributed by atoms with E-state index in [1.165, 1.54) is 0 Å². The van der Waals surface area contributed by atoms with Crippen LogP contribution in [-0.2, 0) is 0 Å². The number of rotatable bonds is 3. The molecule has 88 valence electrons. The summed E-state index contributed by atoms with van der Waals surface area (Å²) < 4.78 is 26.0. The zero-order valence-electron chi connectivity index (χ0n) is 8.72. The second-order valence-electron chi connectivity index (χ2n) is 4.08. The van der Waals surface area contributed by atoms with Crippen molar-refractivity contribution in [3.63, 3.8) is 0 Å². The molecule has 0 bridgehead atoms. The fourth-order valence-corrected chi connectivity index (χ4v) is 2.48. The van der Waals surface area contributed by atoms with Crippen molar-refractivity contribution < 1.29 is 8.78 Å². The van der Waals surface area contributed by atoms with Crippen LogP contribution in [-0.4, -0.2) is 16.9 Å². The number of pyridine rings is 1. The molecule has 0 radical (unpaired) electrons. The lowest BCUT2D eigenvalue weighted by atomic mass is 10.1. The van der Waals surface area contributed by atoms with E-state index >= 15 is 0 Å². The zero-order valence-corrected chi connectivity index (χ0v) is 9.47. The third kappa shape index (κ3) is 2.43. The van der Waals surface area contributed by atoms with E-state index in [2.05, 4.69) is 10.3 Å². The number of hydrogen-bond donors (Lipinski definition) is 1. The molecule has 2 unspecified atom stereocenters. The largest absolute Gasteiger partial charge is 0.365 e. The Bertz CT molecular complexity index is 373. The van der Waals surface area contributed by atoms with Gasteiger partial charge >= 0.3 is 0 Å². The third-order valence-corrected chi connectivity index (χ3v) is 3.38. The Balaban J connectivity index is 2.08. The van der Waals surface area contributed by atoms with Crippen LogP contribution < -0.4 is 5.32 Å². The van der Waals surface area contributed by atoms with Crippen molar-refractivity contribution >= 4 is 17.4 Å². The quantitative estimate of drug-likeness (QED) is 0.829. The minimum Gasteiger partial charge on any atom is -0.365 e. The Hall–Kier alpha value is -0.900. The monoisotopic (exact) mass is 246 g/mol. The molecule has 0 amide bonds. The van der Waals surface area contributed by atoms with Crippen molar-refractivity contribution in [1.82, 2.24) is 4.98 Å². The lowest BCUT2D eigenvalue weighted by Gasteiger charge is -2.19. The van der Waals surface area contributed by atoms with E-state index in [9.17, 15) is 8.78 Å². The number of nitrogens with zero attached hydrogens (tertiary/aromatic N) is 1. The highest BCUT2D eigenvalue weighted by Gasteiger charge is 2.27. The Morgan fingerprint density at radius 3 is 2.94 bits per heavy atom. The molecule has 0 aliphatic heterocycles. The third-order valence-electron chi connectivity index (χ3n) is 2.99. The number of anilines is 1. The van der Waals surface area contributed by atoms with Crippen molar-refractivity contribution in [1.29, 1.82) is 0 Å². The van der Waals surface area contributed by atoms with E-state index in [0.717, 1.165) is 31.5 Å². The van der Waals surface area contributed by atoms with Crippen molar-refractivity contribution in [3.05, 3.63) is 23.9 Å². The van der Waals surface area contributed by atoms with Crippen LogP contribution in [0, 0.1) is 17.6 Å². The molecule has 0 saturated heterocycles. The Morgan fingerprint density at radius 1 is 1.44 bits per heavy atom. The highest BCUT2D eigenvalue weighted by Crippen LogP contribution is 2.29. The lowest BCUT2D eigenvalue weighted by molar-refractivity contribution is 0.544. The Morgan fingerprint density at radius 2 is 2.25 bits per heavy atom. The van der Waals surface area contributed by atoms with Gasteiger partial charge in [-0.25, -0.2) is 13.8 Å². The molecule has 5 heteroatoms. The second-order valence-corrected chi connectivity index (χ2v) is 4.39. The normalized spacial score (nSPS) is 24.7. The van der Waals surface area contributed by atoms with Crippen molar-refractivity contribution in [2.75, 3.05) is 11.2 Å². The fraction of sp³-hybridized carbons (Fsp3) is 0.545. The first-order chi connectivity index (χ1) is 7.70. The van der Waals surface area contributed by atoms with E-state index in [0.29, 0.717) is 11.8 Å². The lowest BCUT2D eigenvalue weighted by Crippen LogP contribution is -2.26. The highest BCUT2D eigenvalue weighted by molar-refractivity contribution is 6.18. The van der Waals surface area contributed by atoms with Crippen LogP contribution >= 0.6 is 11.6 Å². The number of halogens is 3. The maximum atomic E-state index is 13.3. The standard InChI is InChI=1S/C11H13ClF2N2/c12-5-7-2-1-3-10(7)16-11-9(14)4-8(13)6-15-11/h4,6-7,10H,1-3,5H2,(H,15,16). The van der Waals surface area contributed by atoms with E-state index in [1.54, 1.807) is 0 Å². The number of hydrogen-bond acceptors (Lipinski definition) is 2. The van der Waals surface area contributed by atoms with Gasteiger partial charge in [0.25, 0.3) is 0 Å². The van der Waals surface area contributed by atoms with Gasteiger partial charge in [-0.05, 0) is 18.8 Å². The summed E-state index contributed by atoms with van der Waals surface area (Å²) in [6, 6.07) is 0.977. The van der Waals surface area contributed by atoms with Gasteiger partial charge in [0.2, 0.25) is 0 Å². The zero-order chi connectivity index (χ0) is 11.5. The first-order valence-corrected chi connectivity index (χ1v) is 5.87. The number of aromatic nitrogens is 1. The SMILES string of the molecule is Fc1cnc(NC2CCCC2CCl)c(F)c1. The topological polar surface area (TPSA) is 24.9 Å². The first-order valence-electron chi connectivity index (χ1n) is 5.34. The van der Waals surface area contributed by atoms with E-state index in [-0.39, 0.29) is 11.9 Å². The minimum atomic E-state index is -0.664. The molecule has 1 aliphatic carbocycles. The summed E-state index contributed by atoms with van der Waals surface area (Å²) in [5.41, 5.74) is 0. The molecule has 1 aliphatic rings. The molecule has 1 fully saturated rings. The van der Waals surface area contributed by atoms with Crippen LogP contribution in [0.4, 0.5) is 14.6 Å². The molecule has 16 heavy (non-hydrogen) atoms. The van der Waals surface area contributed by atoms with Gasteiger partial charge in [0.05, 0.1) is 6.20 Å². The molecule has 1 aromatic rings. The van der Waals surface area contributed by atoms with Crippen LogP contribution in [0.15, 0.2) is 12.3 Å². The summed E-state index contributed by atoms with van der Waals surface area (Å²) in [5, 5.41) is 3.00. The summed E-state index contributed by atoms with van der Waals surface area (Å²) in [5.74, 6) is -0.305. The average molecular weight is 247 g/mol. The van der Waals surface area contributed by atoms with Gasteiger partial charge in [0.1, 0.15) is 5.82 Å². The minimum absolute atomic E-state index is 0.114. The smallest absolute Gasteiger partial charge is 0.168 e. The highest BCUT2D eigenvalue weighted by atomic mass is 35.5. The van der Waals surface area contributed by atoms with Crippen molar-refractivity contribution in [2.24, 2.45) is 5.92 Å². The molecule has 1 heterocycles. The fourth-order valence-electron chi connectivity index (χ4n) is 2.11. The second kappa shape index (κ2) is 4.95. The molecule has 1 saturated carbocycles. The molecule has 0 aromatic carbocycles. The van der Waals surface area contributed by atoms with Crippen LogP contribution in [0.2, 0.25) is 0 Å². The maximum Gasteiger partial charge on any atom is 0.168 e. The van der Waals surface area contributed by atoms with Gasteiger partial charge in [0.15, 0.2) is 11.6 Å². The predicted octanol–water partition coefficient (Wildman–Crippen LogP) is 3.18. The maximum absolute atomic E-state index is 13.3. The summed E-state index contributed by atoms with van der Waals surface area (Å²) in [7, 11) is 0. The molecule has 0 spiro atoms. The predicted molar refractivity (Wildman–Crippen MR) is 59.6 cm³/mol. The number of alkyl halides is 1. The van der Waals surface area contributed by atoms with Crippen molar-refractivity contribution in [3.8, 4) is 0 Å².